The first kappa shape index (κ1) is 18.7. The summed E-state index contributed by atoms with van der Waals surface area (Å²) in [5.74, 6) is 0. The number of hydrogen-bond acceptors (Lipinski definition) is 3. The van der Waals surface area contributed by atoms with E-state index in [1.54, 1.807) is 37.3 Å². The number of hydrazone groups is 1. The quantitative estimate of drug-likeness (QED) is 0.594. The summed E-state index contributed by atoms with van der Waals surface area (Å²) < 4.78 is 28.2. The molecule has 1 aliphatic heterocycles. The Kier molecular flexibility index (Phi) is 4.96. The lowest BCUT2D eigenvalue weighted by atomic mass is 9.99. The molecular formula is C22H19ClN2O2S. The van der Waals surface area contributed by atoms with Crippen molar-refractivity contribution in [1.29, 1.82) is 0 Å². The zero-order valence-electron chi connectivity index (χ0n) is 15.3. The molecule has 0 saturated heterocycles. The zero-order chi connectivity index (χ0) is 19.7. The number of benzene rings is 3. The van der Waals surface area contributed by atoms with Crippen molar-refractivity contribution < 1.29 is 8.42 Å². The van der Waals surface area contributed by atoms with Crippen molar-refractivity contribution in [2.24, 2.45) is 5.10 Å². The van der Waals surface area contributed by atoms with Gasteiger partial charge in [0.15, 0.2) is 0 Å². The minimum absolute atomic E-state index is 0.270. The molecule has 0 saturated carbocycles. The van der Waals surface area contributed by atoms with E-state index in [-0.39, 0.29) is 4.90 Å². The van der Waals surface area contributed by atoms with Crippen molar-refractivity contribution in [3.05, 3.63) is 101 Å². The smallest absolute Gasteiger partial charge is 0.200 e. The Hall–Kier alpha value is -2.63. The Labute approximate surface area is 170 Å². The first-order chi connectivity index (χ1) is 13.5. The second kappa shape index (κ2) is 7.41. The van der Waals surface area contributed by atoms with Gasteiger partial charge in [0.25, 0.3) is 10.0 Å². The van der Waals surface area contributed by atoms with E-state index in [2.05, 4.69) is 5.10 Å². The summed E-state index contributed by atoms with van der Waals surface area (Å²) in [7, 11) is -3.80. The van der Waals surface area contributed by atoms with Gasteiger partial charge in [-0.2, -0.15) is 17.9 Å². The van der Waals surface area contributed by atoms with Crippen LogP contribution in [0.2, 0.25) is 5.02 Å². The molecule has 1 atom stereocenters. The maximum Gasteiger partial charge on any atom is 0.279 e. The number of sulfonamides is 1. The fourth-order valence-electron chi connectivity index (χ4n) is 3.40. The van der Waals surface area contributed by atoms with Crippen LogP contribution in [-0.2, 0) is 10.0 Å². The van der Waals surface area contributed by atoms with Gasteiger partial charge in [-0.25, -0.2) is 0 Å². The molecule has 142 valence electrons. The van der Waals surface area contributed by atoms with Crippen molar-refractivity contribution >= 4 is 27.3 Å². The van der Waals surface area contributed by atoms with Crippen molar-refractivity contribution in [1.82, 2.24) is 4.41 Å². The second-order valence-corrected chi connectivity index (χ2v) is 8.93. The van der Waals surface area contributed by atoms with Gasteiger partial charge >= 0.3 is 0 Å². The van der Waals surface area contributed by atoms with Gasteiger partial charge in [-0.1, -0.05) is 72.3 Å². The van der Waals surface area contributed by atoms with Crippen LogP contribution >= 0.6 is 11.6 Å². The third-order valence-electron chi connectivity index (χ3n) is 4.85. The van der Waals surface area contributed by atoms with Crippen LogP contribution in [0.5, 0.6) is 0 Å². The molecule has 4 rings (SSSR count). The minimum atomic E-state index is -3.80. The molecule has 1 heterocycles. The molecule has 3 aromatic rings. The van der Waals surface area contributed by atoms with Crippen LogP contribution in [0.25, 0.3) is 0 Å². The van der Waals surface area contributed by atoms with Gasteiger partial charge < -0.3 is 0 Å². The summed E-state index contributed by atoms with van der Waals surface area (Å²) >= 11 is 6.03. The Bertz CT molecular complexity index is 1130. The van der Waals surface area contributed by atoms with E-state index in [0.29, 0.717) is 17.0 Å². The number of hydrogen-bond donors (Lipinski definition) is 0. The lowest BCUT2D eigenvalue weighted by Crippen LogP contribution is -2.27. The molecule has 4 nitrogen and oxygen atoms in total. The van der Waals surface area contributed by atoms with Gasteiger partial charge in [-0.15, -0.1) is 0 Å². The zero-order valence-corrected chi connectivity index (χ0v) is 16.9. The Morgan fingerprint density at radius 3 is 2.25 bits per heavy atom. The fourth-order valence-corrected chi connectivity index (χ4v) is 5.19. The molecule has 1 aliphatic rings. The van der Waals surface area contributed by atoms with Crippen LogP contribution in [-0.4, -0.2) is 18.5 Å². The summed E-state index contributed by atoms with van der Waals surface area (Å²) in [6.07, 6.45) is 0.497. The Morgan fingerprint density at radius 1 is 0.929 bits per heavy atom. The maximum absolute atomic E-state index is 13.5. The van der Waals surface area contributed by atoms with Gasteiger partial charge in [0.05, 0.1) is 16.6 Å². The first-order valence-corrected chi connectivity index (χ1v) is 10.8. The van der Waals surface area contributed by atoms with Gasteiger partial charge in [0.1, 0.15) is 0 Å². The van der Waals surface area contributed by atoms with E-state index < -0.39 is 16.1 Å². The largest absolute Gasteiger partial charge is 0.279 e. The molecule has 0 aliphatic carbocycles. The topological polar surface area (TPSA) is 49.7 Å². The SMILES string of the molecule is Cc1ccccc1S(=O)(=O)N1N=C(c2ccccc2)C[C@@H]1c1ccc(Cl)cc1. The van der Waals surface area contributed by atoms with Gasteiger partial charge in [-0.05, 0) is 41.8 Å². The molecule has 3 aromatic carbocycles. The second-order valence-electron chi connectivity index (χ2n) is 6.73. The Morgan fingerprint density at radius 2 is 1.57 bits per heavy atom. The van der Waals surface area contributed by atoms with Crippen molar-refractivity contribution in [3.63, 3.8) is 0 Å². The highest BCUT2D eigenvalue weighted by molar-refractivity contribution is 7.89. The normalized spacial score (nSPS) is 16.9. The maximum atomic E-state index is 13.5. The van der Waals surface area contributed by atoms with E-state index in [0.717, 1.165) is 16.8 Å². The third kappa shape index (κ3) is 3.43. The van der Waals surface area contributed by atoms with Crippen molar-refractivity contribution in [2.45, 2.75) is 24.3 Å². The molecule has 0 amide bonds. The molecule has 0 aromatic heterocycles. The van der Waals surface area contributed by atoms with E-state index in [1.165, 1.54) is 4.41 Å². The molecular weight excluding hydrogens is 392 g/mol. The Balaban J connectivity index is 1.82. The summed E-state index contributed by atoms with van der Waals surface area (Å²) in [5, 5.41) is 5.17. The van der Waals surface area contributed by atoms with Crippen LogP contribution in [0.4, 0.5) is 0 Å². The molecule has 0 unspecified atom stereocenters. The predicted octanol–water partition coefficient (Wildman–Crippen LogP) is 5.19. The first-order valence-electron chi connectivity index (χ1n) is 8.95. The average molecular weight is 411 g/mol. The fraction of sp³-hybridized carbons (Fsp3) is 0.136. The van der Waals surface area contributed by atoms with Gasteiger partial charge in [0.2, 0.25) is 0 Å². The number of aryl methyl sites for hydroxylation is 1. The molecule has 0 bridgehead atoms. The van der Waals surface area contributed by atoms with Crippen LogP contribution in [0, 0.1) is 6.92 Å². The molecule has 6 heteroatoms. The van der Waals surface area contributed by atoms with E-state index in [9.17, 15) is 8.42 Å². The molecule has 0 N–H and O–H groups in total. The van der Waals surface area contributed by atoms with Crippen LogP contribution < -0.4 is 0 Å². The van der Waals surface area contributed by atoms with Crippen LogP contribution in [0.1, 0.15) is 29.2 Å². The van der Waals surface area contributed by atoms with E-state index in [4.69, 9.17) is 11.6 Å². The van der Waals surface area contributed by atoms with Crippen molar-refractivity contribution in [3.8, 4) is 0 Å². The molecule has 0 spiro atoms. The van der Waals surface area contributed by atoms with E-state index in [1.807, 2.05) is 48.5 Å². The third-order valence-corrected chi connectivity index (χ3v) is 6.95. The molecule has 28 heavy (non-hydrogen) atoms. The highest BCUT2D eigenvalue weighted by Gasteiger charge is 2.38. The summed E-state index contributed by atoms with van der Waals surface area (Å²) in [6, 6.07) is 23.5. The number of halogens is 1. The number of nitrogens with zero attached hydrogens (tertiary/aromatic N) is 2. The molecule has 0 radical (unpaired) electrons. The standard InChI is InChI=1S/C22H19ClN2O2S/c1-16-7-5-6-10-22(16)28(26,27)25-21(18-11-13-19(23)14-12-18)15-20(24-25)17-8-3-2-4-9-17/h2-14,21H,15H2,1H3/t21-/m1/s1. The monoisotopic (exact) mass is 410 g/mol. The highest BCUT2D eigenvalue weighted by atomic mass is 35.5. The summed E-state index contributed by atoms with van der Waals surface area (Å²) in [6.45, 7) is 1.79. The summed E-state index contributed by atoms with van der Waals surface area (Å²) in [4.78, 5) is 0.270. The average Bonchev–Trinajstić information content (AvgIpc) is 3.16. The minimum Gasteiger partial charge on any atom is -0.200 e. The lowest BCUT2D eigenvalue weighted by molar-refractivity contribution is 0.371. The lowest BCUT2D eigenvalue weighted by Gasteiger charge is -2.24. The highest BCUT2D eigenvalue weighted by Crippen LogP contribution is 2.38. The van der Waals surface area contributed by atoms with Gasteiger partial charge in [0, 0.05) is 11.4 Å². The predicted molar refractivity (Wildman–Crippen MR) is 112 cm³/mol. The van der Waals surface area contributed by atoms with Crippen LogP contribution in [0.3, 0.4) is 0 Å². The van der Waals surface area contributed by atoms with E-state index >= 15 is 0 Å². The van der Waals surface area contributed by atoms with Gasteiger partial charge in [-0.3, -0.25) is 0 Å². The number of rotatable bonds is 4. The summed E-state index contributed by atoms with van der Waals surface area (Å²) in [5.41, 5.74) is 3.22. The van der Waals surface area contributed by atoms with Crippen molar-refractivity contribution in [2.75, 3.05) is 0 Å². The van der Waals surface area contributed by atoms with Crippen LogP contribution in [0.15, 0.2) is 88.9 Å². The molecule has 0 fully saturated rings.